The highest BCUT2D eigenvalue weighted by Gasteiger charge is 2.23. The lowest BCUT2D eigenvalue weighted by atomic mass is 9.93. The van der Waals surface area contributed by atoms with Crippen molar-refractivity contribution in [2.24, 2.45) is 0 Å². The fourth-order valence-corrected chi connectivity index (χ4v) is 3.05. The van der Waals surface area contributed by atoms with Crippen LogP contribution >= 0.6 is 0 Å². The normalized spacial score (nSPS) is 16.1. The molecule has 0 spiro atoms. The molecule has 8 heteroatoms. The second kappa shape index (κ2) is 8.07. The quantitative estimate of drug-likeness (QED) is 0.816. The molecule has 1 atom stereocenters. The molecule has 1 aliphatic rings. The first-order chi connectivity index (χ1) is 12.6. The minimum atomic E-state index is -2.95. The van der Waals surface area contributed by atoms with Gasteiger partial charge in [-0.15, -0.1) is 0 Å². The minimum Gasteiger partial charge on any atom is -0.493 e. The Morgan fingerprint density at radius 3 is 2.96 bits per heavy atom. The van der Waals surface area contributed by atoms with Crippen molar-refractivity contribution >= 4 is 6.03 Å². The number of rotatable bonds is 6. The Morgan fingerprint density at radius 2 is 2.19 bits per heavy atom. The predicted molar refractivity (Wildman–Crippen MR) is 89.4 cm³/mol. The van der Waals surface area contributed by atoms with E-state index in [-0.39, 0.29) is 30.1 Å². The van der Waals surface area contributed by atoms with E-state index in [0.717, 1.165) is 30.6 Å². The van der Waals surface area contributed by atoms with Gasteiger partial charge >= 0.3 is 12.6 Å². The first-order valence-electron chi connectivity index (χ1n) is 8.29. The van der Waals surface area contributed by atoms with Crippen molar-refractivity contribution in [3.05, 3.63) is 47.4 Å². The zero-order chi connectivity index (χ0) is 18.5. The van der Waals surface area contributed by atoms with Gasteiger partial charge in [-0.05, 0) is 36.6 Å². The summed E-state index contributed by atoms with van der Waals surface area (Å²) in [4.78, 5) is 12.2. The zero-order valence-corrected chi connectivity index (χ0v) is 14.3. The summed E-state index contributed by atoms with van der Waals surface area (Å²) < 4.78 is 39.8. The second-order valence-corrected chi connectivity index (χ2v) is 5.93. The number of benzene rings is 1. The van der Waals surface area contributed by atoms with E-state index in [0.29, 0.717) is 5.56 Å². The molecule has 1 aromatic heterocycles. The predicted octanol–water partition coefficient (Wildman–Crippen LogP) is 3.77. The summed E-state index contributed by atoms with van der Waals surface area (Å²) in [5.74, 6) is 1.04. The average Bonchev–Trinajstić information content (AvgIpc) is 3.09. The highest BCUT2D eigenvalue weighted by Crippen LogP contribution is 2.31. The fraction of sp³-hybridized carbons (Fsp3) is 0.389. The lowest BCUT2D eigenvalue weighted by Gasteiger charge is -2.23. The summed E-state index contributed by atoms with van der Waals surface area (Å²) in [6.07, 6.45) is 4.29. The maximum atomic E-state index is 12.5. The third kappa shape index (κ3) is 4.25. The monoisotopic (exact) mass is 366 g/mol. The molecule has 2 N–H and O–H groups in total. The van der Waals surface area contributed by atoms with Gasteiger partial charge < -0.3 is 24.5 Å². The van der Waals surface area contributed by atoms with Crippen molar-refractivity contribution in [1.82, 2.24) is 10.6 Å². The van der Waals surface area contributed by atoms with Gasteiger partial charge in [0.1, 0.15) is 5.76 Å². The molecule has 6 nitrogen and oxygen atoms in total. The van der Waals surface area contributed by atoms with E-state index < -0.39 is 6.61 Å². The molecule has 2 aromatic rings. The van der Waals surface area contributed by atoms with Gasteiger partial charge in [-0.1, -0.05) is 6.07 Å². The van der Waals surface area contributed by atoms with Crippen molar-refractivity contribution in [1.29, 1.82) is 0 Å². The Hall–Kier alpha value is -2.77. The van der Waals surface area contributed by atoms with Crippen molar-refractivity contribution in [3.8, 4) is 11.5 Å². The summed E-state index contributed by atoms with van der Waals surface area (Å²) in [6, 6.07) is 6.05. The third-order valence-corrected chi connectivity index (χ3v) is 4.25. The molecule has 0 radical (unpaired) electrons. The molecule has 3 rings (SSSR count). The van der Waals surface area contributed by atoms with Crippen LogP contribution in [0.3, 0.4) is 0 Å². The van der Waals surface area contributed by atoms with Gasteiger partial charge in [0.25, 0.3) is 0 Å². The Labute approximate surface area is 149 Å². The van der Waals surface area contributed by atoms with E-state index in [1.54, 1.807) is 12.3 Å². The van der Waals surface area contributed by atoms with E-state index in [4.69, 9.17) is 9.15 Å². The van der Waals surface area contributed by atoms with Gasteiger partial charge in [0.05, 0.1) is 19.4 Å². The molecule has 2 amide bonds. The number of halogens is 2. The number of hydrogen-bond donors (Lipinski definition) is 2. The number of aryl methyl sites for hydroxylation is 1. The van der Waals surface area contributed by atoms with Crippen molar-refractivity contribution in [3.63, 3.8) is 0 Å². The molecule has 0 fully saturated rings. The first-order valence-corrected chi connectivity index (χ1v) is 8.29. The molecule has 0 saturated carbocycles. The van der Waals surface area contributed by atoms with Crippen LogP contribution in [0.15, 0.2) is 34.9 Å². The highest BCUT2D eigenvalue weighted by molar-refractivity contribution is 5.74. The molecule has 26 heavy (non-hydrogen) atoms. The number of nitrogens with one attached hydrogen (secondary N) is 2. The van der Waals surface area contributed by atoms with E-state index in [2.05, 4.69) is 15.4 Å². The van der Waals surface area contributed by atoms with Crippen LogP contribution in [0.2, 0.25) is 0 Å². The van der Waals surface area contributed by atoms with Gasteiger partial charge in [0, 0.05) is 18.5 Å². The summed E-state index contributed by atoms with van der Waals surface area (Å²) in [6.45, 7) is -2.79. The number of furan rings is 1. The summed E-state index contributed by atoms with van der Waals surface area (Å²) in [7, 11) is 1.37. The smallest absolute Gasteiger partial charge is 0.387 e. The summed E-state index contributed by atoms with van der Waals surface area (Å²) >= 11 is 0. The number of carbonyl (C=O) groups excluding carboxylic acids is 1. The van der Waals surface area contributed by atoms with Crippen LogP contribution in [-0.4, -0.2) is 19.8 Å². The third-order valence-electron chi connectivity index (χ3n) is 4.25. The number of urea groups is 1. The molecule has 140 valence electrons. The number of alkyl halides is 2. The number of amides is 2. The van der Waals surface area contributed by atoms with Crippen LogP contribution in [0.25, 0.3) is 0 Å². The Kier molecular flexibility index (Phi) is 5.60. The first kappa shape index (κ1) is 18.0. The van der Waals surface area contributed by atoms with Gasteiger partial charge in [0.15, 0.2) is 11.5 Å². The largest absolute Gasteiger partial charge is 0.493 e. The van der Waals surface area contributed by atoms with Crippen molar-refractivity contribution < 1.29 is 27.5 Å². The van der Waals surface area contributed by atoms with Gasteiger partial charge in [-0.25, -0.2) is 4.79 Å². The van der Waals surface area contributed by atoms with Crippen LogP contribution < -0.4 is 20.1 Å². The molecule has 0 bridgehead atoms. The number of fused-ring (bicyclic) bond motifs is 1. The number of ether oxygens (including phenoxy) is 2. The molecule has 0 aliphatic heterocycles. The van der Waals surface area contributed by atoms with Crippen molar-refractivity contribution in [2.75, 3.05) is 7.11 Å². The zero-order valence-electron chi connectivity index (χ0n) is 14.3. The van der Waals surface area contributed by atoms with E-state index >= 15 is 0 Å². The number of carbonyl (C=O) groups is 1. The van der Waals surface area contributed by atoms with E-state index in [9.17, 15) is 13.6 Å². The molecule has 1 aliphatic carbocycles. The van der Waals surface area contributed by atoms with Crippen LogP contribution in [-0.2, 0) is 13.0 Å². The van der Waals surface area contributed by atoms with Crippen LogP contribution in [0, 0.1) is 0 Å². The molecule has 1 heterocycles. The van der Waals surface area contributed by atoms with Crippen LogP contribution in [0.5, 0.6) is 11.5 Å². The Morgan fingerprint density at radius 1 is 1.35 bits per heavy atom. The molecule has 1 unspecified atom stereocenters. The molecular formula is C18H20F2N2O4. The Balaban J connectivity index is 1.58. The highest BCUT2D eigenvalue weighted by atomic mass is 19.3. The number of methoxy groups -OCH3 is 1. The van der Waals surface area contributed by atoms with Gasteiger partial charge in [-0.3, -0.25) is 0 Å². The van der Waals surface area contributed by atoms with E-state index in [1.807, 2.05) is 6.07 Å². The SMILES string of the molecule is COc1ccc(CNC(=O)NC2CCCc3occc32)cc1OC(F)F. The lowest BCUT2D eigenvalue weighted by molar-refractivity contribution is -0.0512. The van der Waals surface area contributed by atoms with E-state index in [1.165, 1.54) is 19.2 Å². The van der Waals surface area contributed by atoms with Crippen LogP contribution in [0.1, 0.15) is 35.8 Å². The average molecular weight is 366 g/mol. The second-order valence-electron chi connectivity index (χ2n) is 5.93. The minimum absolute atomic E-state index is 0.0717. The Bertz CT molecular complexity index is 763. The topological polar surface area (TPSA) is 72.7 Å². The van der Waals surface area contributed by atoms with Gasteiger partial charge in [0.2, 0.25) is 0 Å². The molecular weight excluding hydrogens is 346 g/mol. The molecule has 1 aromatic carbocycles. The van der Waals surface area contributed by atoms with Crippen molar-refractivity contribution in [2.45, 2.75) is 38.5 Å². The van der Waals surface area contributed by atoms with Crippen LogP contribution in [0.4, 0.5) is 13.6 Å². The van der Waals surface area contributed by atoms with Gasteiger partial charge in [-0.2, -0.15) is 8.78 Å². The maximum Gasteiger partial charge on any atom is 0.387 e. The maximum absolute atomic E-state index is 12.5. The standard InChI is InChI=1S/C18H20F2N2O4/c1-24-15-6-5-11(9-16(15)26-17(19)20)10-21-18(23)22-13-3-2-4-14-12(13)7-8-25-14/h5-9,13,17H,2-4,10H2,1H3,(H2,21,22,23). The lowest BCUT2D eigenvalue weighted by Crippen LogP contribution is -2.38. The number of hydrogen-bond acceptors (Lipinski definition) is 4. The summed E-state index contributed by atoms with van der Waals surface area (Å²) in [5.41, 5.74) is 1.62. The molecule has 0 saturated heterocycles. The summed E-state index contributed by atoms with van der Waals surface area (Å²) in [5, 5.41) is 5.64. The fourth-order valence-electron chi connectivity index (χ4n) is 3.05.